The molecule has 8 heteroatoms. The Bertz CT molecular complexity index is 1020. The Hall–Kier alpha value is -3.55. The Morgan fingerprint density at radius 1 is 1.14 bits per heavy atom. The summed E-state index contributed by atoms with van der Waals surface area (Å²) < 4.78 is 1.88. The van der Waals surface area contributed by atoms with Gasteiger partial charge in [0.25, 0.3) is 5.91 Å². The molecule has 1 aromatic carbocycles. The minimum absolute atomic E-state index is 0.0290. The average Bonchev–Trinajstić information content (AvgIpc) is 3.40. The van der Waals surface area contributed by atoms with E-state index in [1.165, 1.54) is 0 Å². The van der Waals surface area contributed by atoms with Crippen molar-refractivity contribution in [2.75, 3.05) is 13.1 Å². The topological polar surface area (TPSA) is 111 Å². The molecule has 29 heavy (non-hydrogen) atoms. The van der Waals surface area contributed by atoms with Crippen molar-refractivity contribution >= 4 is 11.9 Å². The summed E-state index contributed by atoms with van der Waals surface area (Å²) in [6, 6.07) is 10.6. The van der Waals surface area contributed by atoms with Gasteiger partial charge < -0.3 is 19.7 Å². The number of nitrogens with zero attached hydrogens (tertiary/aromatic N) is 3. The maximum absolute atomic E-state index is 13.0. The number of aromatic nitrogens is 3. The van der Waals surface area contributed by atoms with Crippen LogP contribution in [0.15, 0.2) is 48.8 Å². The molecule has 0 bridgehead atoms. The molecule has 1 amide bonds. The minimum atomic E-state index is -0.900. The van der Waals surface area contributed by atoms with Crippen molar-refractivity contribution in [3.63, 3.8) is 0 Å². The number of hydrogen-bond donors (Lipinski definition) is 3. The molecular weight excluding hydrogens is 372 g/mol. The molecule has 3 heterocycles. The molecule has 8 nitrogen and oxygen atoms in total. The molecule has 0 atom stereocenters. The predicted molar refractivity (Wildman–Crippen MR) is 105 cm³/mol. The van der Waals surface area contributed by atoms with E-state index < -0.39 is 5.97 Å². The monoisotopic (exact) mass is 394 g/mol. The molecule has 4 rings (SSSR count). The number of carbonyl (C=O) groups is 2. The number of benzene rings is 1. The van der Waals surface area contributed by atoms with Gasteiger partial charge in [-0.2, -0.15) is 5.10 Å². The van der Waals surface area contributed by atoms with Gasteiger partial charge in [-0.1, -0.05) is 0 Å². The summed E-state index contributed by atoms with van der Waals surface area (Å²) in [7, 11) is 0. The fraction of sp³-hybridized carbons (Fsp3) is 0.286. The molecule has 3 aromatic rings. The van der Waals surface area contributed by atoms with Crippen LogP contribution in [0.5, 0.6) is 5.75 Å². The molecule has 0 saturated carbocycles. The third-order valence-corrected chi connectivity index (χ3v) is 5.31. The molecular formula is C21H22N4O4. The van der Waals surface area contributed by atoms with Crippen molar-refractivity contribution in [1.29, 1.82) is 0 Å². The Labute approximate surface area is 167 Å². The number of carbonyl (C=O) groups excluding carboxylic acids is 1. The van der Waals surface area contributed by atoms with E-state index in [1.54, 1.807) is 29.2 Å². The molecule has 0 unspecified atom stereocenters. The smallest absolute Gasteiger partial charge is 0.309 e. The Balaban J connectivity index is 1.43. The van der Waals surface area contributed by atoms with Gasteiger partial charge in [-0.15, -0.1) is 0 Å². The quantitative estimate of drug-likeness (QED) is 0.616. The van der Waals surface area contributed by atoms with E-state index in [0.29, 0.717) is 18.8 Å². The Morgan fingerprint density at radius 3 is 2.55 bits per heavy atom. The summed E-state index contributed by atoms with van der Waals surface area (Å²) >= 11 is 0. The number of carboxylic acids is 1. The number of phenols is 1. The van der Waals surface area contributed by atoms with Crippen molar-refractivity contribution in [1.82, 2.24) is 19.7 Å². The van der Waals surface area contributed by atoms with Gasteiger partial charge >= 0.3 is 5.97 Å². The zero-order valence-electron chi connectivity index (χ0n) is 15.8. The number of hydrogen-bond acceptors (Lipinski definition) is 4. The lowest BCUT2D eigenvalue weighted by Crippen LogP contribution is -2.38. The molecule has 1 aliphatic heterocycles. The minimum Gasteiger partial charge on any atom is -0.507 e. The largest absolute Gasteiger partial charge is 0.507 e. The van der Waals surface area contributed by atoms with Gasteiger partial charge in [0.2, 0.25) is 0 Å². The third kappa shape index (κ3) is 4.01. The maximum Gasteiger partial charge on any atom is 0.309 e. The lowest BCUT2D eigenvalue weighted by molar-refractivity contribution is -0.136. The second-order valence-corrected chi connectivity index (χ2v) is 7.25. The van der Waals surface area contributed by atoms with Crippen LogP contribution in [-0.4, -0.2) is 54.8 Å². The van der Waals surface area contributed by atoms with E-state index in [2.05, 4.69) is 10.2 Å². The van der Waals surface area contributed by atoms with E-state index in [-0.39, 0.29) is 29.6 Å². The zero-order valence-corrected chi connectivity index (χ0v) is 15.8. The first-order valence-corrected chi connectivity index (χ1v) is 9.53. The lowest BCUT2D eigenvalue weighted by Gasteiger charge is -2.31. The highest BCUT2D eigenvalue weighted by atomic mass is 16.4. The van der Waals surface area contributed by atoms with Crippen LogP contribution in [0.25, 0.3) is 5.69 Å². The van der Waals surface area contributed by atoms with Crippen LogP contribution >= 0.6 is 0 Å². The SMILES string of the molecule is O=C(O)Cc1cc(C2CCN(C(=O)c3cc(-n4cccc4)ccc3O)CC2)n[nH]1. The number of nitrogens with one attached hydrogen (secondary N) is 1. The lowest BCUT2D eigenvalue weighted by atomic mass is 9.93. The fourth-order valence-corrected chi connectivity index (χ4v) is 3.75. The van der Waals surface area contributed by atoms with Gasteiger partial charge in [0.05, 0.1) is 17.7 Å². The van der Waals surface area contributed by atoms with Gasteiger partial charge in [0, 0.05) is 42.8 Å². The molecule has 0 aliphatic carbocycles. The van der Waals surface area contributed by atoms with E-state index in [0.717, 1.165) is 24.2 Å². The van der Waals surface area contributed by atoms with Crippen molar-refractivity contribution in [3.8, 4) is 11.4 Å². The van der Waals surface area contributed by atoms with Crippen molar-refractivity contribution < 1.29 is 19.8 Å². The number of phenolic OH excluding ortho intramolecular Hbond substituents is 1. The van der Waals surface area contributed by atoms with Gasteiger partial charge in [0.1, 0.15) is 5.75 Å². The third-order valence-electron chi connectivity index (χ3n) is 5.31. The fourth-order valence-electron chi connectivity index (χ4n) is 3.75. The van der Waals surface area contributed by atoms with Crippen molar-refractivity contribution in [2.24, 2.45) is 0 Å². The number of carboxylic acid groups (broad SMARTS) is 1. The van der Waals surface area contributed by atoms with Gasteiger partial charge in [-0.05, 0) is 49.2 Å². The second kappa shape index (κ2) is 7.83. The van der Waals surface area contributed by atoms with Crippen LogP contribution in [-0.2, 0) is 11.2 Å². The van der Waals surface area contributed by atoms with Gasteiger partial charge in [-0.3, -0.25) is 14.7 Å². The number of aliphatic carboxylic acids is 1. The molecule has 1 aliphatic rings. The van der Waals surface area contributed by atoms with Crippen LogP contribution < -0.4 is 0 Å². The maximum atomic E-state index is 13.0. The van der Waals surface area contributed by atoms with Crippen molar-refractivity contribution in [2.45, 2.75) is 25.2 Å². The molecule has 150 valence electrons. The summed E-state index contributed by atoms with van der Waals surface area (Å²) in [5.74, 6) is -0.942. The van der Waals surface area contributed by atoms with E-state index >= 15 is 0 Å². The number of aromatic amines is 1. The van der Waals surface area contributed by atoms with Crippen molar-refractivity contribution in [3.05, 3.63) is 65.7 Å². The molecule has 3 N–H and O–H groups in total. The summed E-state index contributed by atoms with van der Waals surface area (Å²) in [5, 5.41) is 26.1. The highest BCUT2D eigenvalue weighted by molar-refractivity contribution is 5.97. The zero-order chi connectivity index (χ0) is 20.4. The highest BCUT2D eigenvalue weighted by Crippen LogP contribution is 2.29. The first kappa shape index (κ1) is 18.8. The van der Waals surface area contributed by atoms with Crippen LogP contribution in [0.1, 0.15) is 40.5 Å². The van der Waals surface area contributed by atoms with Crippen LogP contribution in [0.2, 0.25) is 0 Å². The summed E-state index contributed by atoms with van der Waals surface area (Å²) in [6.07, 6.45) is 5.16. The van der Waals surface area contributed by atoms with E-state index in [1.807, 2.05) is 29.1 Å². The van der Waals surface area contributed by atoms with E-state index in [4.69, 9.17) is 5.11 Å². The number of rotatable bonds is 5. The number of piperidine rings is 1. The summed E-state index contributed by atoms with van der Waals surface area (Å²) in [4.78, 5) is 25.5. The first-order chi connectivity index (χ1) is 14.0. The molecule has 1 fully saturated rings. The predicted octanol–water partition coefficient (Wildman–Crippen LogP) is 2.55. The summed E-state index contributed by atoms with van der Waals surface area (Å²) in [6.45, 7) is 1.11. The van der Waals surface area contributed by atoms with Gasteiger partial charge in [0.15, 0.2) is 0 Å². The average molecular weight is 394 g/mol. The number of aromatic hydroxyl groups is 1. The van der Waals surface area contributed by atoms with Crippen LogP contribution in [0.3, 0.4) is 0 Å². The normalized spacial score (nSPS) is 14.8. The van der Waals surface area contributed by atoms with E-state index in [9.17, 15) is 14.7 Å². The number of likely N-dealkylation sites (tertiary alicyclic amines) is 1. The van der Waals surface area contributed by atoms with Gasteiger partial charge in [-0.25, -0.2) is 0 Å². The molecule has 2 aromatic heterocycles. The highest BCUT2D eigenvalue weighted by Gasteiger charge is 2.27. The molecule has 0 spiro atoms. The van der Waals surface area contributed by atoms with Crippen LogP contribution in [0, 0.1) is 0 Å². The Kier molecular flexibility index (Phi) is 5.07. The van der Waals surface area contributed by atoms with Crippen LogP contribution in [0.4, 0.5) is 0 Å². The molecule has 0 radical (unpaired) electrons. The Morgan fingerprint density at radius 2 is 1.86 bits per heavy atom. The number of H-pyrrole nitrogens is 1. The standard InChI is InChI=1S/C21H22N4O4/c26-19-4-3-16(24-7-1-2-8-24)13-17(19)21(29)25-9-5-14(6-10-25)18-11-15(22-23-18)12-20(27)28/h1-4,7-8,11,13-14,26H,5-6,9-10,12H2,(H,22,23)(H,27,28). The second-order valence-electron chi connectivity index (χ2n) is 7.25. The first-order valence-electron chi connectivity index (χ1n) is 9.53. The number of amides is 1. The molecule has 1 saturated heterocycles. The summed E-state index contributed by atoms with van der Waals surface area (Å²) in [5.41, 5.74) is 2.52.